The fourth-order valence-electron chi connectivity index (χ4n) is 2.72. The highest BCUT2D eigenvalue weighted by Crippen LogP contribution is 2.36. The first-order valence-corrected chi connectivity index (χ1v) is 9.64. The Morgan fingerprint density at radius 3 is 2.36 bits per heavy atom. The minimum atomic E-state index is -0.569. The van der Waals surface area contributed by atoms with Crippen LogP contribution in [0.2, 0.25) is 0 Å². The molecule has 2 heterocycles. The lowest BCUT2D eigenvalue weighted by Gasteiger charge is -2.32. The van der Waals surface area contributed by atoms with E-state index < -0.39 is 30.0 Å². The van der Waals surface area contributed by atoms with E-state index in [1.54, 1.807) is 18.0 Å². The van der Waals surface area contributed by atoms with Gasteiger partial charge in [0.15, 0.2) is 0 Å². The van der Waals surface area contributed by atoms with Crippen LogP contribution in [0, 0.1) is 0 Å². The van der Waals surface area contributed by atoms with E-state index in [1.165, 1.54) is 0 Å². The van der Waals surface area contributed by atoms with E-state index in [0.29, 0.717) is 6.54 Å². The number of methoxy groups -OCH3 is 1. The van der Waals surface area contributed by atoms with Crippen molar-refractivity contribution in [3.63, 3.8) is 0 Å². The highest BCUT2D eigenvalue weighted by atomic mass is 16.7. The van der Waals surface area contributed by atoms with Crippen molar-refractivity contribution >= 4 is 18.7 Å². The Hall–Kier alpha value is -1.58. The summed E-state index contributed by atoms with van der Waals surface area (Å²) in [4.78, 5) is 12.2. The van der Waals surface area contributed by atoms with Gasteiger partial charge in [0.05, 0.1) is 29.9 Å². The molecule has 9 heteroatoms. The van der Waals surface area contributed by atoms with Crippen molar-refractivity contribution in [2.45, 2.75) is 90.9 Å². The Morgan fingerprint density at radius 1 is 1.29 bits per heavy atom. The first-order chi connectivity index (χ1) is 12.7. The number of carbonyl (C=O) groups excluding carboxylic acids is 1. The molecule has 1 amide bonds. The molecule has 28 heavy (non-hydrogen) atoms. The van der Waals surface area contributed by atoms with Crippen molar-refractivity contribution in [3.8, 4) is 0 Å². The molecule has 158 valence electrons. The SMILES string of the molecule is COC(C)C(Cn1cc(B2OC(C)(C)C(C)(C)O2)cn1)NC(=O)OC(C)(C)C. The van der Waals surface area contributed by atoms with Crippen LogP contribution in [0.4, 0.5) is 4.79 Å². The van der Waals surface area contributed by atoms with Gasteiger partial charge in [0.2, 0.25) is 0 Å². The highest BCUT2D eigenvalue weighted by Gasteiger charge is 2.52. The van der Waals surface area contributed by atoms with Crippen molar-refractivity contribution in [2.75, 3.05) is 7.11 Å². The molecule has 0 spiro atoms. The number of nitrogens with one attached hydrogen (secondary N) is 1. The minimum absolute atomic E-state index is 0.225. The quantitative estimate of drug-likeness (QED) is 0.743. The summed E-state index contributed by atoms with van der Waals surface area (Å²) < 4.78 is 24.7. The van der Waals surface area contributed by atoms with E-state index in [9.17, 15) is 4.79 Å². The monoisotopic (exact) mass is 395 g/mol. The van der Waals surface area contributed by atoms with Crippen LogP contribution in [0.5, 0.6) is 0 Å². The number of amides is 1. The summed E-state index contributed by atoms with van der Waals surface area (Å²) >= 11 is 0. The third-order valence-electron chi connectivity index (χ3n) is 5.20. The van der Waals surface area contributed by atoms with Crippen LogP contribution in [0.3, 0.4) is 0 Å². The van der Waals surface area contributed by atoms with Crippen LogP contribution >= 0.6 is 0 Å². The summed E-state index contributed by atoms with van der Waals surface area (Å²) in [5.41, 5.74) is -0.559. The smallest absolute Gasteiger partial charge is 0.444 e. The molecule has 0 saturated carbocycles. The molecule has 2 unspecified atom stereocenters. The lowest BCUT2D eigenvalue weighted by molar-refractivity contribution is 0.00578. The van der Waals surface area contributed by atoms with Gasteiger partial charge in [-0.05, 0) is 55.4 Å². The number of hydrogen-bond acceptors (Lipinski definition) is 6. The van der Waals surface area contributed by atoms with Crippen LogP contribution in [-0.2, 0) is 25.3 Å². The maximum absolute atomic E-state index is 12.2. The Balaban J connectivity index is 2.07. The summed E-state index contributed by atoms with van der Waals surface area (Å²) in [5.74, 6) is 0. The third-order valence-corrected chi connectivity index (χ3v) is 5.20. The van der Waals surface area contributed by atoms with E-state index in [4.69, 9.17) is 18.8 Å². The highest BCUT2D eigenvalue weighted by molar-refractivity contribution is 6.61. The molecule has 0 radical (unpaired) electrons. The molecular formula is C19H34BN3O5. The van der Waals surface area contributed by atoms with Crippen molar-refractivity contribution in [3.05, 3.63) is 12.4 Å². The predicted octanol–water partition coefficient (Wildman–Crippen LogP) is 2.11. The molecule has 1 aliphatic rings. The molecule has 0 bridgehead atoms. The van der Waals surface area contributed by atoms with Gasteiger partial charge in [-0.1, -0.05) is 0 Å². The standard InChI is InChI=1S/C19H34BN3O5/c1-13(25-9)15(22-16(24)26-17(2,3)4)12-23-11-14(10-21-23)20-27-18(5,6)19(7,8)28-20/h10-11,13,15H,12H2,1-9H3,(H,22,24). The van der Waals surface area contributed by atoms with Crippen molar-refractivity contribution < 1.29 is 23.6 Å². The zero-order valence-corrected chi connectivity index (χ0v) is 18.5. The zero-order chi connectivity index (χ0) is 21.3. The summed E-state index contributed by atoms with van der Waals surface area (Å²) in [6, 6.07) is -0.314. The van der Waals surface area contributed by atoms with Gasteiger partial charge >= 0.3 is 13.2 Å². The number of aromatic nitrogens is 2. The topological polar surface area (TPSA) is 83.8 Å². The van der Waals surface area contributed by atoms with Gasteiger partial charge < -0.3 is 24.1 Å². The summed E-state index contributed by atoms with van der Waals surface area (Å²) in [6.45, 7) is 15.8. The third kappa shape index (κ3) is 5.49. The fraction of sp³-hybridized carbons (Fsp3) is 0.789. The summed E-state index contributed by atoms with van der Waals surface area (Å²) in [7, 11) is 1.13. The molecule has 1 aromatic rings. The Labute approximate surface area is 168 Å². The van der Waals surface area contributed by atoms with Gasteiger partial charge in [-0.3, -0.25) is 4.68 Å². The molecule has 0 aromatic carbocycles. The number of alkyl carbamates (subject to hydrolysis) is 1. The molecule has 1 aromatic heterocycles. The van der Waals surface area contributed by atoms with Gasteiger partial charge in [-0.25, -0.2) is 4.79 Å². The number of carbonyl (C=O) groups is 1. The first kappa shape index (κ1) is 22.7. The van der Waals surface area contributed by atoms with Crippen LogP contribution in [0.1, 0.15) is 55.4 Å². The lowest BCUT2D eigenvalue weighted by Crippen LogP contribution is -2.47. The predicted molar refractivity (Wildman–Crippen MR) is 108 cm³/mol. The number of ether oxygens (including phenoxy) is 2. The second kappa shape index (κ2) is 8.04. The van der Waals surface area contributed by atoms with Gasteiger partial charge in [0.1, 0.15) is 5.60 Å². The van der Waals surface area contributed by atoms with Gasteiger partial charge in [-0.2, -0.15) is 5.10 Å². The zero-order valence-electron chi connectivity index (χ0n) is 18.5. The number of nitrogens with zero attached hydrogens (tertiary/aromatic N) is 2. The Morgan fingerprint density at radius 2 is 1.86 bits per heavy atom. The molecule has 0 aliphatic carbocycles. The van der Waals surface area contributed by atoms with Crippen molar-refractivity contribution in [2.24, 2.45) is 0 Å². The molecule has 1 fully saturated rings. The van der Waals surface area contributed by atoms with Gasteiger partial charge in [0, 0.05) is 25.0 Å². The van der Waals surface area contributed by atoms with Crippen LogP contribution in [-0.4, -0.2) is 59.1 Å². The van der Waals surface area contributed by atoms with Crippen molar-refractivity contribution in [1.82, 2.24) is 15.1 Å². The van der Waals surface area contributed by atoms with E-state index in [2.05, 4.69) is 10.4 Å². The largest absolute Gasteiger partial charge is 0.498 e. The number of hydrogen-bond donors (Lipinski definition) is 1. The maximum Gasteiger partial charge on any atom is 0.498 e. The fourth-order valence-corrected chi connectivity index (χ4v) is 2.72. The average molecular weight is 395 g/mol. The second-order valence-corrected chi connectivity index (χ2v) is 9.28. The molecule has 1 aliphatic heterocycles. The van der Waals surface area contributed by atoms with Crippen LogP contribution < -0.4 is 10.8 Å². The first-order valence-electron chi connectivity index (χ1n) is 9.64. The molecule has 8 nitrogen and oxygen atoms in total. The van der Waals surface area contributed by atoms with E-state index in [0.717, 1.165) is 5.46 Å². The normalized spacial score (nSPS) is 20.7. The van der Waals surface area contributed by atoms with Gasteiger partial charge in [0.25, 0.3) is 0 Å². The summed E-state index contributed by atoms with van der Waals surface area (Å²) in [5, 5.41) is 7.27. The Kier molecular flexibility index (Phi) is 6.52. The van der Waals surface area contributed by atoms with Crippen LogP contribution in [0.25, 0.3) is 0 Å². The molecule has 2 rings (SSSR count). The van der Waals surface area contributed by atoms with Gasteiger partial charge in [-0.15, -0.1) is 0 Å². The van der Waals surface area contributed by atoms with Crippen molar-refractivity contribution in [1.29, 1.82) is 0 Å². The lowest BCUT2D eigenvalue weighted by atomic mass is 9.82. The number of rotatable bonds is 6. The molecule has 2 atom stereocenters. The molecule has 1 N–H and O–H groups in total. The minimum Gasteiger partial charge on any atom is -0.444 e. The summed E-state index contributed by atoms with van der Waals surface area (Å²) in [6.07, 6.45) is 2.88. The van der Waals surface area contributed by atoms with E-state index >= 15 is 0 Å². The van der Waals surface area contributed by atoms with E-state index in [1.807, 2.05) is 61.6 Å². The van der Waals surface area contributed by atoms with Crippen LogP contribution in [0.15, 0.2) is 12.4 Å². The average Bonchev–Trinajstić information content (AvgIpc) is 3.06. The van der Waals surface area contributed by atoms with E-state index in [-0.39, 0.29) is 12.1 Å². The maximum atomic E-state index is 12.2. The Bertz CT molecular complexity index is 667. The molecular weight excluding hydrogens is 361 g/mol. The molecule has 1 saturated heterocycles. The second-order valence-electron chi connectivity index (χ2n) is 9.28.